The largest absolute Gasteiger partial charge is 0.454 e. The fraction of sp³-hybridized carbons (Fsp3) is 0.500. The number of ether oxygens (including phenoxy) is 1. The number of fused-ring (bicyclic) bond motifs is 1. The molecule has 0 aliphatic rings. The molecule has 56 heavy (non-hydrogen) atoms. The van der Waals surface area contributed by atoms with Crippen molar-refractivity contribution in [2.45, 2.75) is 113 Å². The number of rotatable bonds is 18. The van der Waals surface area contributed by atoms with Crippen LogP contribution in [0.15, 0.2) is 70.9 Å². The van der Waals surface area contributed by atoms with E-state index >= 15 is 0 Å². The minimum absolute atomic E-state index is 0.302. The summed E-state index contributed by atoms with van der Waals surface area (Å²) in [7, 11) is 6.55. The van der Waals surface area contributed by atoms with Crippen molar-refractivity contribution in [2.24, 2.45) is 20.9 Å². The number of aliphatic hydroxyl groups is 2. The molecule has 4 aromatic rings. The molecule has 1 aromatic heterocycles. The number of aryl methyl sites for hydroxylation is 1. The standard InChI is InChI=1S/C22H35NO.C20H23FN3OP.C2H6.2CH4O/c1-7-21(2,3)13-9-12-20(16-23-6)19-11-8-10-18(14-19)15-22(4,5)17-24;1-4-5-16-15-8-9-23-18(15)11-17(21)20(16)25-14-6-7-19(26)13(10-14)12-24(3)22-2;3*1-2/h8,10-11,14,17,20H,6-7,9,12-13,15-16H2,1-5H3;6-11,23H,2,4-5,12,26H2,1,3H3;1-2H3;2*2H,1H3. The maximum absolute atomic E-state index is 14.7. The summed E-state index contributed by atoms with van der Waals surface area (Å²) in [6, 6.07) is 17.8. The molecule has 312 valence electrons. The summed E-state index contributed by atoms with van der Waals surface area (Å²) in [4.78, 5) is 18.4. The number of carbonyl (C=O) groups is 1. The van der Waals surface area contributed by atoms with Gasteiger partial charge in [-0.05, 0) is 78.0 Å². The summed E-state index contributed by atoms with van der Waals surface area (Å²) in [5.41, 5.74) is 5.38. The number of aliphatic hydroxyl groups excluding tert-OH is 2. The molecule has 10 heteroatoms. The maximum Gasteiger partial charge on any atom is 0.168 e. The van der Waals surface area contributed by atoms with Gasteiger partial charge in [0.15, 0.2) is 11.6 Å². The predicted molar refractivity (Wildman–Crippen MR) is 242 cm³/mol. The number of carbonyl (C=O) groups excluding carboxylic acids is 1. The SMILES string of the molecule is C=NCC(CCCC(C)(C)CC)c1cccc(CC(C)(C)C=O)c1.C=NN(C)Cc1cc(Oc2c(F)cc3[nH]ccc3c2CCC)ccc1P.CC.CO.CO. The van der Waals surface area contributed by atoms with Crippen LogP contribution in [0.4, 0.5) is 4.39 Å². The zero-order valence-electron chi connectivity index (χ0n) is 36.2. The predicted octanol–water partition coefficient (Wildman–Crippen LogP) is 10.7. The van der Waals surface area contributed by atoms with Gasteiger partial charge in [-0.25, -0.2) is 4.39 Å². The van der Waals surface area contributed by atoms with Crippen molar-refractivity contribution >= 4 is 45.2 Å². The summed E-state index contributed by atoms with van der Waals surface area (Å²) >= 11 is 0. The molecule has 0 fully saturated rings. The van der Waals surface area contributed by atoms with Crippen molar-refractivity contribution in [3.63, 3.8) is 0 Å². The minimum Gasteiger partial charge on any atom is -0.454 e. The van der Waals surface area contributed by atoms with Crippen LogP contribution in [-0.4, -0.2) is 67.7 Å². The Labute approximate surface area is 340 Å². The number of aliphatic imine (C=N–C) groups is 1. The van der Waals surface area contributed by atoms with Gasteiger partial charge in [0.25, 0.3) is 0 Å². The molecule has 2 unspecified atom stereocenters. The van der Waals surface area contributed by atoms with E-state index < -0.39 is 0 Å². The third-order valence-electron chi connectivity index (χ3n) is 9.46. The number of hydrogen-bond donors (Lipinski definition) is 3. The second kappa shape index (κ2) is 27.6. The van der Waals surface area contributed by atoms with Crippen LogP contribution in [0.5, 0.6) is 11.5 Å². The molecule has 0 aliphatic heterocycles. The van der Waals surface area contributed by atoms with Crippen LogP contribution in [0.25, 0.3) is 10.9 Å². The average molecular weight is 795 g/mol. The number of aromatic amines is 1. The fourth-order valence-electron chi connectivity index (χ4n) is 6.08. The summed E-state index contributed by atoms with van der Waals surface area (Å²) in [6.07, 6.45) is 10.1. The van der Waals surface area contributed by atoms with E-state index in [1.54, 1.807) is 5.01 Å². The third-order valence-corrected chi connectivity index (χ3v) is 10.0. The highest BCUT2D eigenvalue weighted by Gasteiger charge is 2.20. The first-order valence-corrected chi connectivity index (χ1v) is 20.2. The Morgan fingerprint density at radius 2 is 1.70 bits per heavy atom. The van der Waals surface area contributed by atoms with Crippen LogP contribution in [-0.2, 0) is 24.2 Å². The summed E-state index contributed by atoms with van der Waals surface area (Å²) in [5.74, 6) is 0.977. The highest BCUT2D eigenvalue weighted by atomic mass is 31.0. The van der Waals surface area contributed by atoms with E-state index in [4.69, 9.17) is 14.9 Å². The van der Waals surface area contributed by atoms with E-state index in [0.717, 1.165) is 80.1 Å². The molecule has 0 saturated carbocycles. The lowest BCUT2D eigenvalue weighted by Gasteiger charge is -2.24. The lowest BCUT2D eigenvalue weighted by atomic mass is 9.82. The van der Waals surface area contributed by atoms with E-state index in [-0.39, 0.29) is 11.2 Å². The summed E-state index contributed by atoms with van der Waals surface area (Å²) in [6.45, 7) is 25.6. The monoisotopic (exact) mass is 795 g/mol. The normalized spacial score (nSPS) is 11.2. The van der Waals surface area contributed by atoms with Gasteiger partial charge in [-0.15, -0.1) is 9.24 Å². The highest BCUT2D eigenvalue weighted by molar-refractivity contribution is 7.27. The zero-order chi connectivity index (χ0) is 42.9. The molecule has 0 aliphatic carbocycles. The Balaban J connectivity index is 0.000000956. The first kappa shape index (κ1) is 52.1. The van der Waals surface area contributed by atoms with E-state index in [1.165, 1.54) is 36.5 Å². The second-order valence-electron chi connectivity index (χ2n) is 14.8. The topological polar surface area (TPSA) is 111 Å². The van der Waals surface area contributed by atoms with Crippen molar-refractivity contribution in [3.05, 3.63) is 88.9 Å². The number of hydrazone groups is 1. The molecule has 3 N–H and O–H groups in total. The Morgan fingerprint density at radius 1 is 1.02 bits per heavy atom. The summed E-state index contributed by atoms with van der Waals surface area (Å²) < 4.78 is 20.7. The Bertz CT molecular complexity index is 1720. The number of H-pyrrole nitrogens is 1. The molecule has 3 aromatic carbocycles. The zero-order valence-corrected chi connectivity index (χ0v) is 37.4. The molecule has 4 rings (SSSR count). The van der Waals surface area contributed by atoms with E-state index in [0.29, 0.717) is 29.4 Å². The Hall–Kier alpha value is -3.91. The van der Waals surface area contributed by atoms with Crippen molar-refractivity contribution in [1.29, 1.82) is 0 Å². The van der Waals surface area contributed by atoms with Crippen LogP contribution < -0.4 is 10.0 Å². The first-order valence-electron chi connectivity index (χ1n) is 19.7. The van der Waals surface area contributed by atoms with Gasteiger partial charge in [0, 0.05) is 74.6 Å². The molecule has 0 bridgehead atoms. The van der Waals surface area contributed by atoms with E-state index in [2.05, 4.69) is 89.7 Å². The van der Waals surface area contributed by atoms with Gasteiger partial charge >= 0.3 is 0 Å². The molecular weight excluding hydrogens is 723 g/mol. The average Bonchev–Trinajstić information content (AvgIpc) is 3.67. The maximum atomic E-state index is 14.7. The van der Waals surface area contributed by atoms with Gasteiger partial charge < -0.3 is 29.7 Å². The highest BCUT2D eigenvalue weighted by Crippen LogP contribution is 2.36. The van der Waals surface area contributed by atoms with Gasteiger partial charge in [-0.3, -0.25) is 5.01 Å². The number of nitrogens with zero attached hydrogens (tertiary/aromatic N) is 3. The van der Waals surface area contributed by atoms with Crippen molar-refractivity contribution in [1.82, 2.24) is 9.99 Å². The van der Waals surface area contributed by atoms with Crippen molar-refractivity contribution in [2.75, 3.05) is 27.8 Å². The van der Waals surface area contributed by atoms with Crippen LogP contribution >= 0.6 is 9.24 Å². The summed E-state index contributed by atoms with van der Waals surface area (Å²) in [5, 5.41) is 21.7. The fourth-order valence-corrected chi connectivity index (χ4v) is 6.35. The lowest BCUT2D eigenvalue weighted by molar-refractivity contribution is -0.114. The van der Waals surface area contributed by atoms with Crippen LogP contribution in [0.3, 0.4) is 0 Å². The quantitative estimate of drug-likeness (QED) is 0.0402. The van der Waals surface area contributed by atoms with Gasteiger partial charge in [-0.2, -0.15) is 5.10 Å². The number of aromatic nitrogens is 1. The van der Waals surface area contributed by atoms with Crippen molar-refractivity contribution in [3.8, 4) is 11.5 Å². The molecule has 2 atom stereocenters. The first-order chi connectivity index (χ1) is 26.8. The molecule has 0 saturated heterocycles. The molecule has 0 amide bonds. The number of aldehydes is 1. The van der Waals surface area contributed by atoms with E-state index in [9.17, 15) is 9.18 Å². The van der Waals surface area contributed by atoms with Crippen LogP contribution in [0.1, 0.15) is 116 Å². The van der Waals surface area contributed by atoms with Gasteiger partial charge in [-0.1, -0.05) is 105 Å². The molecule has 8 nitrogen and oxygen atoms in total. The molecule has 0 spiro atoms. The number of halogens is 1. The lowest BCUT2D eigenvalue weighted by Crippen LogP contribution is -2.16. The number of benzene rings is 3. The Kier molecular flexibility index (Phi) is 25.7. The van der Waals surface area contributed by atoms with Gasteiger partial charge in [0.2, 0.25) is 0 Å². The minimum atomic E-state index is -0.357. The molecule has 1 heterocycles. The van der Waals surface area contributed by atoms with Crippen molar-refractivity contribution < 1.29 is 24.1 Å². The molecular formula is C46H72FN4O4P. The number of hydrogen-bond acceptors (Lipinski definition) is 7. The number of nitrogens with one attached hydrogen (secondary N) is 1. The van der Waals surface area contributed by atoms with E-state index in [1.807, 2.05) is 65.2 Å². The van der Waals surface area contributed by atoms with Gasteiger partial charge in [0.05, 0.1) is 6.54 Å². The van der Waals surface area contributed by atoms with Gasteiger partial charge in [0.1, 0.15) is 12.0 Å². The molecule has 0 radical (unpaired) electrons. The second-order valence-corrected chi connectivity index (χ2v) is 15.4. The Morgan fingerprint density at radius 3 is 2.29 bits per heavy atom. The van der Waals surface area contributed by atoms with Crippen LogP contribution in [0, 0.1) is 16.6 Å². The smallest absolute Gasteiger partial charge is 0.168 e. The van der Waals surface area contributed by atoms with Crippen LogP contribution in [0.2, 0.25) is 0 Å². The third kappa shape index (κ3) is 17.5.